The molecule has 5 nitrogen and oxygen atoms in total. The first-order valence-electron chi connectivity index (χ1n) is 7.43. The molecule has 2 rings (SSSR count). The first kappa shape index (κ1) is 16.8. The number of fused-ring (bicyclic) bond motifs is 1. The quantitative estimate of drug-likeness (QED) is 0.837. The predicted molar refractivity (Wildman–Crippen MR) is 90.3 cm³/mol. The predicted octanol–water partition coefficient (Wildman–Crippen LogP) is 1.58. The number of anilines is 1. The molecule has 0 bridgehead atoms. The molecule has 0 fully saturated rings. The van der Waals surface area contributed by atoms with Crippen LogP contribution in [0.25, 0.3) is 0 Å². The van der Waals surface area contributed by atoms with Crippen molar-refractivity contribution in [2.24, 2.45) is 0 Å². The zero-order valence-corrected chi connectivity index (χ0v) is 14.4. The third kappa shape index (κ3) is 3.13. The molecule has 2 amide bonds. The van der Waals surface area contributed by atoms with Gasteiger partial charge in [-0.2, -0.15) is 0 Å². The van der Waals surface area contributed by atoms with E-state index in [0.717, 1.165) is 17.1 Å². The van der Waals surface area contributed by atoms with Gasteiger partial charge in [0.2, 0.25) is 5.91 Å². The van der Waals surface area contributed by atoms with Crippen molar-refractivity contribution in [1.82, 2.24) is 10.2 Å². The molecule has 1 heterocycles. The Morgan fingerprint density at radius 1 is 1.36 bits per heavy atom. The highest BCUT2D eigenvalue weighted by Gasteiger charge is 2.48. The fourth-order valence-electron chi connectivity index (χ4n) is 2.42. The van der Waals surface area contributed by atoms with Crippen LogP contribution in [-0.4, -0.2) is 55.2 Å². The van der Waals surface area contributed by atoms with Gasteiger partial charge < -0.3 is 15.1 Å². The lowest BCUT2D eigenvalue weighted by atomic mass is 10.1. The van der Waals surface area contributed by atoms with Gasteiger partial charge in [0.1, 0.15) is 0 Å². The maximum absolute atomic E-state index is 12.8. The summed E-state index contributed by atoms with van der Waals surface area (Å²) < 4.78 is -1.11. The van der Waals surface area contributed by atoms with Gasteiger partial charge in [0, 0.05) is 24.5 Å². The summed E-state index contributed by atoms with van der Waals surface area (Å²) in [5.41, 5.74) is 0.888. The van der Waals surface area contributed by atoms with Crippen LogP contribution in [0.15, 0.2) is 29.2 Å². The second kappa shape index (κ2) is 6.71. The minimum atomic E-state index is -1.11. The summed E-state index contributed by atoms with van der Waals surface area (Å²) in [5, 5.41) is 2.88. The fourth-order valence-corrected chi connectivity index (χ4v) is 3.65. The molecule has 6 heteroatoms. The van der Waals surface area contributed by atoms with Gasteiger partial charge in [0.05, 0.1) is 5.69 Å². The minimum Gasteiger partial charge on any atom is -0.353 e. The maximum atomic E-state index is 12.8. The number of benzene rings is 1. The highest BCUT2D eigenvalue weighted by Crippen LogP contribution is 2.45. The average Bonchev–Trinajstić information content (AvgIpc) is 2.48. The van der Waals surface area contributed by atoms with Gasteiger partial charge >= 0.3 is 0 Å². The number of rotatable bonds is 5. The van der Waals surface area contributed by atoms with Gasteiger partial charge in [-0.25, -0.2) is 0 Å². The monoisotopic (exact) mass is 321 g/mol. The van der Waals surface area contributed by atoms with Crippen LogP contribution < -0.4 is 10.2 Å². The zero-order chi connectivity index (χ0) is 16.3. The smallest absolute Gasteiger partial charge is 0.252 e. The number of amides is 2. The van der Waals surface area contributed by atoms with E-state index in [1.165, 1.54) is 11.8 Å². The molecule has 1 aromatic carbocycles. The molecular formula is C16H23N3O2S. The van der Waals surface area contributed by atoms with Crippen molar-refractivity contribution in [1.29, 1.82) is 0 Å². The minimum absolute atomic E-state index is 0.152. The molecular weight excluding hydrogens is 298 g/mol. The number of carbonyl (C=O) groups excluding carboxylic acids is 2. The van der Waals surface area contributed by atoms with E-state index < -0.39 is 4.75 Å². The van der Waals surface area contributed by atoms with Crippen molar-refractivity contribution >= 4 is 29.3 Å². The van der Waals surface area contributed by atoms with Crippen molar-refractivity contribution < 1.29 is 9.59 Å². The highest BCUT2D eigenvalue weighted by atomic mass is 32.2. The van der Waals surface area contributed by atoms with Gasteiger partial charge in [-0.15, -0.1) is 0 Å². The number of hydrogen-bond donors (Lipinski definition) is 1. The van der Waals surface area contributed by atoms with Crippen LogP contribution in [0.2, 0.25) is 0 Å². The highest BCUT2D eigenvalue weighted by molar-refractivity contribution is 8.02. The molecule has 1 N–H and O–H groups in total. The zero-order valence-electron chi connectivity index (χ0n) is 13.5. The number of hydrogen-bond acceptors (Lipinski definition) is 4. The van der Waals surface area contributed by atoms with Gasteiger partial charge in [-0.3, -0.25) is 9.59 Å². The number of nitrogens with one attached hydrogen (secondary N) is 1. The van der Waals surface area contributed by atoms with E-state index in [1.807, 2.05) is 50.2 Å². The Balaban J connectivity index is 2.23. The fraction of sp³-hybridized carbons (Fsp3) is 0.500. The van der Waals surface area contributed by atoms with Gasteiger partial charge in [-0.1, -0.05) is 23.9 Å². The summed E-state index contributed by atoms with van der Waals surface area (Å²) in [6.07, 6.45) is 0. The van der Waals surface area contributed by atoms with Crippen LogP contribution in [0.1, 0.15) is 13.8 Å². The van der Waals surface area contributed by atoms with Crippen LogP contribution in [0, 0.1) is 0 Å². The van der Waals surface area contributed by atoms with Crippen LogP contribution in [0.5, 0.6) is 0 Å². The van der Waals surface area contributed by atoms with Crippen molar-refractivity contribution in [2.45, 2.75) is 23.5 Å². The van der Waals surface area contributed by atoms with Crippen LogP contribution >= 0.6 is 11.8 Å². The maximum Gasteiger partial charge on any atom is 0.252 e. The standard InChI is InChI=1S/C16H23N3O2S/c1-5-19-12-8-6-7-9-13(12)22-16(2,15(19)21)14(20)17-10-11-18(3)4/h6-9H,5,10-11H2,1-4H3,(H,17,20). The van der Waals surface area contributed by atoms with Crippen molar-refractivity contribution in [2.75, 3.05) is 38.6 Å². The molecule has 1 aliphatic rings. The van der Waals surface area contributed by atoms with Gasteiger partial charge in [0.25, 0.3) is 5.91 Å². The molecule has 1 atom stereocenters. The Morgan fingerprint density at radius 2 is 2.05 bits per heavy atom. The lowest BCUT2D eigenvalue weighted by Gasteiger charge is -2.38. The van der Waals surface area contributed by atoms with E-state index in [4.69, 9.17) is 0 Å². The van der Waals surface area contributed by atoms with Crippen LogP contribution in [0.3, 0.4) is 0 Å². The summed E-state index contributed by atoms with van der Waals surface area (Å²) in [4.78, 5) is 30.0. The molecule has 0 saturated heterocycles. The summed E-state index contributed by atoms with van der Waals surface area (Å²) >= 11 is 1.34. The van der Waals surface area contributed by atoms with Crippen molar-refractivity contribution in [3.63, 3.8) is 0 Å². The molecule has 120 valence electrons. The van der Waals surface area contributed by atoms with E-state index >= 15 is 0 Å². The SMILES string of the molecule is CCN1C(=O)C(C)(C(=O)NCCN(C)C)Sc2ccccc21. The number of thioether (sulfide) groups is 1. The molecule has 0 aliphatic carbocycles. The van der Waals surface area contributed by atoms with Crippen molar-refractivity contribution in [3.05, 3.63) is 24.3 Å². The first-order chi connectivity index (χ1) is 10.4. The summed E-state index contributed by atoms with van der Waals surface area (Å²) in [6.45, 7) is 5.47. The molecule has 22 heavy (non-hydrogen) atoms. The normalized spacial score (nSPS) is 21.0. The Morgan fingerprint density at radius 3 is 2.68 bits per heavy atom. The Kier molecular flexibility index (Phi) is 5.13. The second-order valence-electron chi connectivity index (χ2n) is 5.71. The molecule has 1 unspecified atom stereocenters. The summed E-state index contributed by atoms with van der Waals surface area (Å²) in [6, 6.07) is 7.72. The molecule has 1 aromatic rings. The van der Waals surface area contributed by atoms with Crippen LogP contribution in [0.4, 0.5) is 5.69 Å². The van der Waals surface area contributed by atoms with Gasteiger partial charge in [0.15, 0.2) is 4.75 Å². The van der Waals surface area contributed by atoms with Crippen LogP contribution in [-0.2, 0) is 9.59 Å². The molecule has 0 aromatic heterocycles. The number of carbonyl (C=O) groups is 2. The molecule has 0 spiro atoms. The number of para-hydroxylation sites is 1. The summed E-state index contributed by atoms with van der Waals surface area (Å²) in [7, 11) is 3.90. The second-order valence-corrected chi connectivity index (χ2v) is 7.17. The first-order valence-corrected chi connectivity index (χ1v) is 8.25. The lowest BCUT2D eigenvalue weighted by molar-refractivity contribution is -0.131. The van der Waals surface area contributed by atoms with Gasteiger partial charge in [-0.05, 0) is 40.1 Å². The molecule has 1 aliphatic heterocycles. The van der Waals surface area contributed by atoms with E-state index in [0.29, 0.717) is 13.1 Å². The lowest BCUT2D eigenvalue weighted by Crippen LogP contribution is -2.56. The van der Waals surface area contributed by atoms with E-state index in [1.54, 1.807) is 11.8 Å². The van der Waals surface area contributed by atoms with Crippen molar-refractivity contribution in [3.8, 4) is 0 Å². The largest absolute Gasteiger partial charge is 0.353 e. The van der Waals surface area contributed by atoms with E-state index in [9.17, 15) is 9.59 Å². The number of nitrogens with zero attached hydrogens (tertiary/aromatic N) is 2. The Bertz CT molecular complexity index is 576. The van der Waals surface area contributed by atoms with E-state index in [-0.39, 0.29) is 11.8 Å². The third-order valence-electron chi connectivity index (χ3n) is 3.72. The Hall–Kier alpha value is -1.53. The average molecular weight is 321 g/mol. The number of likely N-dealkylation sites (N-methyl/N-ethyl adjacent to an activating group) is 1. The third-order valence-corrected chi connectivity index (χ3v) is 5.05. The molecule has 0 saturated carbocycles. The summed E-state index contributed by atoms with van der Waals surface area (Å²) in [5.74, 6) is -0.377. The van der Waals surface area contributed by atoms with E-state index in [2.05, 4.69) is 5.32 Å². The molecule has 0 radical (unpaired) electrons. The topological polar surface area (TPSA) is 52.7 Å². The Labute approximate surface area is 136 Å².